The molecule has 0 heterocycles. The minimum absolute atomic E-state index is 0.0903. The van der Waals surface area contributed by atoms with Gasteiger partial charge in [-0.25, -0.2) is 5.11 Å². The maximum Gasteiger partial charge on any atom is 0.0799 e. The van der Waals surface area contributed by atoms with Crippen molar-refractivity contribution in [2.75, 3.05) is 6.61 Å². The summed E-state index contributed by atoms with van der Waals surface area (Å²) in [5.74, 6) is 0. The third-order valence-electron chi connectivity index (χ3n) is 1.48. The summed E-state index contributed by atoms with van der Waals surface area (Å²) in [6.45, 7) is 8.21. The Morgan fingerprint density at radius 1 is 1.56 bits per heavy atom. The summed E-state index contributed by atoms with van der Waals surface area (Å²) in [6.07, 6.45) is 1.93. The Bertz CT molecular complexity index is 88.9. The predicted molar refractivity (Wildman–Crippen MR) is 42.8 cm³/mol. The molecule has 0 aromatic rings. The van der Waals surface area contributed by atoms with Gasteiger partial charge >= 0.3 is 0 Å². The molecule has 0 unspecified atom stereocenters. The van der Waals surface area contributed by atoms with Gasteiger partial charge in [0, 0.05) is 0 Å². The van der Waals surface area contributed by atoms with Gasteiger partial charge in [-0.2, -0.15) is 0 Å². The second-order valence-corrected chi connectivity index (χ2v) is 8.35. The molecule has 0 aliphatic rings. The van der Waals surface area contributed by atoms with Crippen LogP contribution in [0.3, 0.4) is 0 Å². The first-order valence-corrected chi connectivity index (χ1v) is 6.73. The Balaban J connectivity index is 3.55. The highest BCUT2D eigenvalue weighted by Gasteiger charge is 2.17. The molecule has 0 aliphatic carbocycles. The Morgan fingerprint density at radius 3 is 2.44 bits per heavy atom. The average molecular weight is 143 g/mol. The first-order chi connectivity index (χ1) is 4.12. The molecule has 0 fully saturated rings. The summed E-state index contributed by atoms with van der Waals surface area (Å²) in [6, 6.07) is 1.97. The zero-order valence-corrected chi connectivity index (χ0v) is 7.31. The molecule has 53 valence electrons. The molecule has 0 spiro atoms. The van der Waals surface area contributed by atoms with E-state index in [2.05, 4.69) is 19.7 Å². The molecule has 0 atom stereocenters. The van der Waals surface area contributed by atoms with Gasteiger partial charge in [0.1, 0.15) is 0 Å². The molecule has 0 saturated heterocycles. The van der Waals surface area contributed by atoms with Gasteiger partial charge in [-0.05, 0) is 12.1 Å². The lowest BCUT2D eigenvalue weighted by Crippen LogP contribution is -2.24. The van der Waals surface area contributed by atoms with Crippen LogP contribution in [0, 0.1) is 0 Å². The average Bonchev–Trinajstić information content (AvgIpc) is 1.64. The van der Waals surface area contributed by atoms with E-state index < -0.39 is 8.07 Å². The largest absolute Gasteiger partial charge is 0.237 e. The van der Waals surface area contributed by atoms with Crippen LogP contribution < -0.4 is 0 Å². The third-order valence-corrected chi connectivity index (χ3v) is 4.43. The van der Waals surface area contributed by atoms with Crippen LogP contribution in [0.1, 0.15) is 0 Å². The summed E-state index contributed by atoms with van der Waals surface area (Å²) in [4.78, 5) is 0. The van der Waals surface area contributed by atoms with Crippen molar-refractivity contribution >= 4 is 8.07 Å². The van der Waals surface area contributed by atoms with Crippen LogP contribution in [0.4, 0.5) is 0 Å². The second kappa shape index (κ2) is 3.85. The van der Waals surface area contributed by atoms with Crippen LogP contribution in [-0.2, 0) is 5.11 Å². The monoisotopic (exact) mass is 143 g/mol. The topological polar surface area (TPSA) is 19.9 Å². The van der Waals surface area contributed by atoms with Crippen LogP contribution in [0.2, 0.25) is 25.2 Å². The Hall–Kier alpha value is -0.0831. The normalized spacial score (nSPS) is 11.4. The van der Waals surface area contributed by atoms with Crippen molar-refractivity contribution in [2.45, 2.75) is 25.2 Å². The van der Waals surface area contributed by atoms with Crippen LogP contribution in [-0.4, -0.2) is 14.7 Å². The summed E-state index contributed by atoms with van der Waals surface area (Å²) >= 11 is 0. The van der Waals surface area contributed by atoms with Gasteiger partial charge in [0.15, 0.2) is 0 Å². The number of hydrogen-bond donors (Lipinski definition) is 0. The molecular formula is C7H15OSi. The molecule has 0 aliphatic heterocycles. The summed E-state index contributed by atoms with van der Waals surface area (Å²) < 4.78 is 0. The van der Waals surface area contributed by atoms with Gasteiger partial charge in [-0.1, -0.05) is 19.2 Å². The Kier molecular flexibility index (Phi) is 3.82. The zero-order chi connectivity index (χ0) is 7.33. The molecular weight excluding hydrogens is 128 g/mol. The van der Waals surface area contributed by atoms with Crippen LogP contribution in [0.15, 0.2) is 12.7 Å². The predicted octanol–water partition coefficient (Wildman–Crippen LogP) is 2.31. The van der Waals surface area contributed by atoms with E-state index in [0.29, 0.717) is 0 Å². The smallest absolute Gasteiger partial charge is 0.0799 e. The molecule has 1 radical (unpaired) electrons. The molecule has 2 heteroatoms. The van der Waals surface area contributed by atoms with Gasteiger partial charge in [-0.3, -0.25) is 0 Å². The lowest BCUT2D eigenvalue weighted by atomic mass is 10.8. The van der Waals surface area contributed by atoms with E-state index in [0.717, 1.165) is 12.1 Å². The highest BCUT2D eigenvalue weighted by molar-refractivity contribution is 6.77. The van der Waals surface area contributed by atoms with E-state index in [1.54, 1.807) is 0 Å². The van der Waals surface area contributed by atoms with E-state index in [-0.39, 0.29) is 6.61 Å². The van der Waals surface area contributed by atoms with Crippen molar-refractivity contribution in [3.63, 3.8) is 0 Å². The zero-order valence-electron chi connectivity index (χ0n) is 6.31. The molecule has 0 rings (SSSR count). The number of hydrogen-bond acceptors (Lipinski definition) is 0. The highest BCUT2D eigenvalue weighted by atomic mass is 28.3. The van der Waals surface area contributed by atoms with Crippen LogP contribution in [0.25, 0.3) is 0 Å². The van der Waals surface area contributed by atoms with Crippen molar-refractivity contribution in [3.05, 3.63) is 12.7 Å². The fourth-order valence-electron chi connectivity index (χ4n) is 0.769. The molecule has 0 aromatic carbocycles. The van der Waals surface area contributed by atoms with E-state index in [1.165, 1.54) is 0 Å². The molecule has 0 aromatic heterocycles. The maximum atomic E-state index is 10.2. The molecule has 1 nitrogen and oxygen atoms in total. The molecule has 0 bridgehead atoms. The minimum atomic E-state index is -1.13. The lowest BCUT2D eigenvalue weighted by molar-refractivity contribution is 0.210. The number of rotatable bonds is 4. The quantitative estimate of drug-likeness (QED) is 0.425. The summed E-state index contributed by atoms with van der Waals surface area (Å²) in [7, 11) is -1.13. The van der Waals surface area contributed by atoms with Gasteiger partial charge in [0.2, 0.25) is 0 Å². The summed E-state index contributed by atoms with van der Waals surface area (Å²) in [5.41, 5.74) is 0. The van der Waals surface area contributed by atoms with Gasteiger partial charge in [0.05, 0.1) is 14.7 Å². The van der Waals surface area contributed by atoms with Crippen molar-refractivity contribution in [2.24, 2.45) is 0 Å². The Morgan fingerprint density at radius 2 is 2.11 bits per heavy atom. The van der Waals surface area contributed by atoms with Gasteiger partial charge < -0.3 is 0 Å². The minimum Gasteiger partial charge on any atom is -0.237 e. The lowest BCUT2D eigenvalue weighted by Gasteiger charge is -2.17. The first-order valence-electron chi connectivity index (χ1n) is 3.31. The maximum absolute atomic E-state index is 10.2. The van der Waals surface area contributed by atoms with Crippen molar-refractivity contribution < 1.29 is 5.11 Å². The number of allylic oxidation sites excluding steroid dienone is 1. The van der Waals surface area contributed by atoms with Gasteiger partial charge in [0.25, 0.3) is 0 Å². The molecule has 0 saturated carbocycles. The van der Waals surface area contributed by atoms with E-state index in [4.69, 9.17) is 0 Å². The van der Waals surface area contributed by atoms with Crippen molar-refractivity contribution in [3.8, 4) is 0 Å². The van der Waals surface area contributed by atoms with Crippen molar-refractivity contribution in [1.29, 1.82) is 0 Å². The SMILES string of the molecule is C=CC[Si](C)(C)CC[O]. The summed E-state index contributed by atoms with van der Waals surface area (Å²) in [5, 5.41) is 10.2. The Labute approximate surface area is 58.4 Å². The molecule has 0 amide bonds. The molecule has 9 heavy (non-hydrogen) atoms. The van der Waals surface area contributed by atoms with Gasteiger partial charge in [-0.15, -0.1) is 6.58 Å². The third kappa shape index (κ3) is 4.42. The van der Waals surface area contributed by atoms with E-state index in [1.807, 2.05) is 6.08 Å². The highest BCUT2D eigenvalue weighted by Crippen LogP contribution is 2.14. The van der Waals surface area contributed by atoms with E-state index >= 15 is 0 Å². The standard InChI is InChI=1S/C7H15OSi/c1-4-6-9(2,3)7-5-8/h4H,1,5-7H2,2-3H3. The van der Waals surface area contributed by atoms with Crippen LogP contribution >= 0.6 is 0 Å². The molecule has 0 N–H and O–H groups in total. The van der Waals surface area contributed by atoms with Crippen LogP contribution in [0.5, 0.6) is 0 Å². The second-order valence-electron chi connectivity index (χ2n) is 3.11. The van der Waals surface area contributed by atoms with Crippen molar-refractivity contribution in [1.82, 2.24) is 0 Å². The van der Waals surface area contributed by atoms with E-state index in [9.17, 15) is 5.11 Å². The fraction of sp³-hybridized carbons (Fsp3) is 0.714. The fourth-order valence-corrected chi connectivity index (χ4v) is 2.31. The first kappa shape index (κ1) is 8.92.